The Morgan fingerprint density at radius 2 is 2.11 bits per heavy atom. The molecular formula is C10H13FN2O4S. The molecule has 0 aromatic heterocycles. The van der Waals surface area contributed by atoms with Crippen LogP contribution in [-0.2, 0) is 10.0 Å². The number of rotatable bonds is 5. The summed E-state index contributed by atoms with van der Waals surface area (Å²) in [5.74, 6) is -2.56. The van der Waals surface area contributed by atoms with E-state index in [0.29, 0.717) is 0 Å². The molecule has 0 aliphatic heterocycles. The molecule has 0 saturated heterocycles. The van der Waals surface area contributed by atoms with Gasteiger partial charge in [-0.3, -0.25) is 4.79 Å². The Morgan fingerprint density at radius 3 is 2.67 bits per heavy atom. The molecule has 0 spiro atoms. The first-order valence-electron chi connectivity index (χ1n) is 5.04. The number of benzene rings is 1. The predicted octanol–water partition coefficient (Wildman–Crippen LogP) is -0.190. The summed E-state index contributed by atoms with van der Waals surface area (Å²) in [4.78, 5) is 11.5. The molecule has 1 rings (SSSR count). The van der Waals surface area contributed by atoms with Gasteiger partial charge in [-0.25, -0.2) is 17.5 Å². The number of sulfonamides is 1. The van der Waals surface area contributed by atoms with Gasteiger partial charge in [-0.1, -0.05) is 6.07 Å². The van der Waals surface area contributed by atoms with Crippen LogP contribution in [0.5, 0.6) is 5.75 Å². The number of hydrogen-bond donors (Lipinski definition) is 3. The van der Waals surface area contributed by atoms with Gasteiger partial charge in [-0.05, 0) is 19.2 Å². The summed E-state index contributed by atoms with van der Waals surface area (Å²) in [5, 5.41) is 11.5. The van der Waals surface area contributed by atoms with Crippen LogP contribution in [0.2, 0.25) is 0 Å². The molecule has 18 heavy (non-hydrogen) atoms. The first-order chi connectivity index (χ1) is 8.37. The van der Waals surface area contributed by atoms with Crippen molar-refractivity contribution in [3.8, 4) is 5.75 Å². The molecule has 0 radical (unpaired) electrons. The van der Waals surface area contributed by atoms with E-state index in [1.54, 1.807) is 0 Å². The van der Waals surface area contributed by atoms with Crippen molar-refractivity contribution >= 4 is 15.9 Å². The third-order valence-corrected chi connectivity index (χ3v) is 3.55. The second kappa shape index (κ2) is 5.78. The molecule has 1 amide bonds. The minimum atomic E-state index is -3.44. The number of phenolic OH excluding ortho intramolecular Hbond substituents is 1. The highest BCUT2D eigenvalue weighted by atomic mass is 32.2. The van der Waals surface area contributed by atoms with E-state index in [1.807, 2.05) is 0 Å². The van der Waals surface area contributed by atoms with E-state index in [-0.39, 0.29) is 12.3 Å². The summed E-state index contributed by atoms with van der Waals surface area (Å²) in [5.41, 5.74) is -0.501. The standard InChI is InChI=1S/C10H13FN2O4S/c1-12-18(16,17)6-5-13-10(15)9-7(11)3-2-4-8(9)14/h2-4,12,14H,5-6H2,1H3,(H,13,15). The van der Waals surface area contributed by atoms with Gasteiger partial charge >= 0.3 is 0 Å². The number of phenols is 1. The maximum absolute atomic E-state index is 13.3. The highest BCUT2D eigenvalue weighted by molar-refractivity contribution is 7.89. The van der Waals surface area contributed by atoms with Crippen molar-refractivity contribution in [2.75, 3.05) is 19.3 Å². The molecule has 0 fully saturated rings. The quantitative estimate of drug-likeness (QED) is 0.694. The number of aromatic hydroxyl groups is 1. The number of halogens is 1. The summed E-state index contributed by atoms with van der Waals surface area (Å²) in [6, 6.07) is 3.45. The third kappa shape index (κ3) is 3.67. The monoisotopic (exact) mass is 276 g/mol. The Bertz CT molecular complexity index is 525. The maximum Gasteiger partial charge on any atom is 0.258 e. The lowest BCUT2D eigenvalue weighted by Crippen LogP contribution is -2.33. The number of nitrogens with one attached hydrogen (secondary N) is 2. The molecule has 0 bridgehead atoms. The highest BCUT2D eigenvalue weighted by Crippen LogP contribution is 2.19. The van der Waals surface area contributed by atoms with Gasteiger partial charge in [0.15, 0.2) is 0 Å². The fraction of sp³-hybridized carbons (Fsp3) is 0.300. The average Bonchev–Trinajstić information content (AvgIpc) is 2.28. The van der Waals surface area contributed by atoms with Gasteiger partial charge < -0.3 is 10.4 Å². The molecule has 0 atom stereocenters. The minimum absolute atomic E-state index is 0.185. The van der Waals surface area contributed by atoms with Gasteiger partial charge in [-0.2, -0.15) is 0 Å². The summed E-state index contributed by atoms with van der Waals surface area (Å²) >= 11 is 0. The largest absolute Gasteiger partial charge is 0.507 e. The summed E-state index contributed by atoms with van der Waals surface area (Å²) in [6.07, 6.45) is 0. The molecule has 0 aliphatic carbocycles. The molecule has 6 nitrogen and oxygen atoms in total. The number of carbonyl (C=O) groups is 1. The molecule has 3 N–H and O–H groups in total. The second-order valence-electron chi connectivity index (χ2n) is 3.41. The maximum atomic E-state index is 13.3. The lowest BCUT2D eigenvalue weighted by molar-refractivity contribution is 0.0949. The predicted molar refractivity (Wildman–Crippen MR) is 63.2 cm³/mol. The molecule has 0 aliphatic rings. The van der Waals surface area contributed by atoms with E-state index in [9.17, 15) is 22.7 Å². The molecule has 100 valence electrons. The van der Waals surface area contributed by atoms with E-state index in [1.165, 1.54) is 19.2 Å². The van der Waals surface area contributed by atoms with E-state index < -0.39 is 33.1 Å². The van der Waals surface area contributed by atoms with Crippen LogP contribution in [0.3, 0.4) is 0 Å². The number of amides is 1. The van der Waals surface area contributed by atoms with E-state index in [2.05, 4.69) is 10.0 Å². The van der Waals surface area contributed by atoms with Crippen molar-refractivity contribution in [1.29, 1.82) is 0 Å². The van der Waals surface area contributed by atoms with E-state index in [0.717, 1.165) is 6.07 Å². The van der Waals surface area contributed by atoms with Gasteiger partial charge in [0, 0.05) is 6.54 Å². The Hall–Kier alpha value is -1.67. The molecule has 0 saturated carbocycles. The fourth-order valence-electron chi connectivity index (χ4n) is 1.23. The van der Waals surface area contributed by atoms with Crippen LogP contribution in [0.15, 0.2) is 18.2 Å². The Kier molecular flexibility index (Phi) is 4.62. The average molecular weight is 276 g/mol. The Labute approximate surface area is 104 Å². The van der Waals surface area contributed by atoms with Crippen LogP contribution in [0.25, 0.3) is 0 Å². The normalized spacial score (nSPS) is 11.2. The van der Waals surface area contributed by atoms with Crippen molar-refractivity contribution in [3.05, 3.63) is 29.6 Å². The molecule has 1 aromatic carbocycles. The van der Waals surface area contributed by atoms with Crippen molar-refractivity contribution < 1.29 is 22.7 Å². The molecule has 0 unspecified atom stereocenters. The molecule has 0 heterocycles. The van der Waals surface area contributed by atoms with E-state index in [4.69, 9.17) is 0 Å². The minimum Gasteiger partial charge on any atom is -0.507 e. The summed E-state index contributed by atoms with van der Waals surface area (Å²) in [7, 11) is -2.19. The SMILES string of the molecule is CNS(=O)(=O)CCNC(=O)c1c(O)cccc1F. The lowest BCUT2D eigenvalue weighted by Gasteiger charge is -2.07. The summed E-state index contributed by atoms with van der Waals surface area (Å²) < 4.78 is 37.5. The van der Waals surface area contributed by atoms with Crippen LogP contribution >= 0.6 is 0 Å². The zero-order chi connectivity index (χ0) is 13.8. The molecule has 1 aromatic rings. The van der Waals surface area contributed by atoms with Crippen LogP contribution in [0.1, 0.15) is 10.4 Å². The lowest BCUT2D eigenvalue weighted by atomic mass is 10.2. The van der Waals surface area contributed by atoms with Crippen LogP contribution in [0.4, 0.5) is 4.39 Å². The van der Waals surface area contributed by atoms with Gasteiger partial charge in [0.25, 0.3) is 5.91 Å². The van der Waals surface area contributed by atoms with Crippen molar-refractivity contribution in [2.45, 2.75) is 0 Å². The first-order valence-corrected chi connectivity index (χ1v) is 6.69. The number of hydrogen-bond acceptors (Lipinski definition) is 4. The second-order valence-corrected chi connectivity index (χ2v) is 5.46. The smallest absolute Gasteiger partial charge is 0.258 e. The topological polar surface area (TPSA) is 95.5 Å². The zero-order valence-electron chi connectivity index (χ0n) is 9.60. The molecular weight excluding hydrogens is 263 g/mol. The highest BCUT2D eigenvalue weighted by Gasteiger charge is 2.16. The van der Waals surface area contributed by atoms with Gasteiger partial charge in [0.1, 0.15) is 17.1 Å². The fourth-order valence-corrected chi connectivity index (χ4v) is 1.80. The Balaban J connectivity index is 2.67. The molecule has 8 heteroatoms. The van der Waals surface area contributed by atoms with Crippen LogP contribution in [0, 0.1) is 5.82 Å². The van der Waals surface area contributed by atoms with Crippen LogP contribution in [-0.4, -0.2) is 38.8 Å². The zero-order valence-corrected chi connectivity index (χ0v) is 10.4. The third-order valence-electron chi connectivity index (χ3n) is 2.19. The first kappa shape index (κ1) is 14.4. The van der Waals surface area contributed by atoms with Crippen molar-refractivity contribution in [3.63, 3.8) is 0 Å². The summed E-state index contributed by atoms with van der Waals surface area (Å²) in [6.45, 7) is -0.185. The van der Waals surface area contributed by atoms with Gasteiger partial charge in [-0.15, -0.1) is 0 Å². The number of carbonyl (C=O) groups excluding carboxylic acids is 1. The van der Waals surface area contributed by atoms with Gasteiger partial charge in [0.05, 0.1) is 5.75 Å². The van der Waals surface area contributed by atoms with Gasteiger partial charge in [0.2, 0.25) is 10.0 Å². The van der Waals surface area contributed by atoms with Crippen molar-refractivity contribution in [2.24, 2.45) is 0 Å². The van der Waals surface area contributed by atoms with Crippen molar-refractivity contribution in [1.82, 2.24) is 10.0 Å². The Morgan fingerprint density at radius 1 is 1.44 bits per heavy atom. The van der Waals surface area contributed by atoms with E-state index >= 15 is 0 Å². The van der Waals surface area contributed by atoms with Crippen LogP contribution < -0.4 is 10.0 Å².